The maximum absolute atomic E-state index is 13.2. The lowest BCUT2D eigenvalue weighted by Crippen LogP contribution is -2.44. The third-order valence-electron chi connectivity index (χ3n) is 6.59. The van der Waals surface area contributed by atoms with Gasteiger partial charge >= 0.3 is 5.97 Å². The SMILES string of the molecule is C=C(c1cc2ccc(OC)c(OCCCCCC)c2[nH]c1=O)N1Cc2ccccc2CC1C(=O)O. The van der Waals surface area contributed by atoms with Crippen molar-refractivity contribution in [2.75, 3.05) is 13.7 Å². The summed E-state index contributed by atoms with van der Waals surface area (Å²) >= 11 is 0. The second-order valence-corrected chi connectivity index (χ2v) is 8.88. The van der Waals surface area contributed by atoms with E-state index >= 15 is 0 Å². The lowest BCUT2D eigenvalue weighted by molar-refractivity contribution is -0.142. The molecule has 0 saturated heterocycles. The van der Waals surface area contributed by atoms with Gasteiger partial charge in [0.25, 0.3) is 5.56 Å². The number of nitrogens with one attached hydrogen (secondary N) is 1. The van der Waals surface area contributed by atoms with Gasteiger partial charge in [0.05, 0.1) is 24.8 Å². The molecule has 1 atom stereocenters. The van der Waals surface area contributed by atoms with E-state index in [0.717, 1.165) is 42.2 Å². The third-order valence-corrected chi connectivity index (χ3v) is 6.59. The molecular weight excluding hydrogens is 444 g/mol. The predicted molar refractivity (Wildman–Crippen MR) is 137 cm³/mol. The van der Waals surface area contributed by atoms with Crippen molar-refractivity contribution in [2.45, 2.75) is 51.6 Å². The molecule has 3 aromatic rings. The number of pyridine rings is 1. The highest BCUT2D eigenvalue weighted by Crippen LogP contribution is 2.36. The monoisotopic (exact) mass is 476 g/mol. The lowest BCUT2D eigenvalue weighted by Gasteiger charge is -2.37. The molecule has 1 aliphatic heterocycles. The number of H-pyrrole nitrogens is 1. The highest BCUT2D eigenvalue weighted by Gasteiger charge is 2.33. The van der Waals surface area contributed by atoms with Crippen LogP contribution < -0.4 is 15.0 Å². The second-order valence-electron chi connectivity index (χ2n) is 8.88. The highest BCUT2D eigenvalue weighted by atomic mass is 16.5. The van der Waals surface area contributed by atoms with Gasteiger partial charge in [0, 0.05) is 24.0 Å². The van der Waals surface area contributed by atoms with Crippen LogP contribution in [0.1, 0.15) is 49.3 Å². The average molecular weight is 477 g/mol. The van der Waals surface area contributed by atoms with Gasteiger partial charge in [-0.15, -0.1) is 0 Å². The number of methoxy groups -OCH3 is 1. The van der Waals surface area contributed by atoms with Crippen LogP contribution in [0, 0.1) is 0 Å². The highest BCUT2D eigenvalue weighted by molar-refractivity contribution is 5.89. The molecule has 184 valence electrons. The van der Waals surface area contributed by atoms with E-state index in [9.17, 15) is 14.7 Å². The maximum Gasteiger partial charge on any atom is 0.326 e. The number of fused-ring (bicyclic) bond motifs is 2. The number of hydrogen-bond acceptors (Lipinski definition) is 5. The number of aromatic amines is 1. The molecule has 0 fully saturated rings. The summed E-state index contributed by atoms with van der Waals surface area (Å²) in [5, 5.41) is 10.7. The van der Waals surface area contributed by atoms with Gasteiger partial charge in [-0.2, -0.15) is 0 Å². The molecule has 1 aromatic heterocycles. The molecule has 1 aliphatic rings. The summed E-state index contributed by atoms with van der Waals surface area (Å²) in [5.41, 5.74) is 2.96. The van der Waals surface area contributed by atoms with E-state index in [2.05, 4.69) is 18.5 Å². The number of carbonyl (C=O) groups is 1. The van der Waals surface area contributed by atoms with Crippen LogP contribution in [0.15, 0.2) is 53.8 Å². The Morgan fingerprint density at radius 3 is 2.66 bits per heavy atom. The predicted octanol–water partition coefficient (Wildman–Crippen LogP) is 4.98. The zero-order chi connectivity index (χ0) is 24.9. The Balaban J connectivity index is 1.68. The molecule has 0 aliphatic carbocycles. The zero-order valence-electron chi connectivity index (χ0n) is 20.3. The first-order valence-electron chi connectivity index (χ1n) is 12.1. The van der Waals surface area contributed by atoms with Gasteiger partial charge in [0.1, 0.15) is 6.04 Å². The first-order chi connectivity index (χ1) is 16.9. The van der Waals surface area contributed by atoms with Gasteiger partial charge in [0.15, 0.2) is 11.5 Å². The molecule has 0 saturated carbocycles. The number of unbranched alkanes of at least 4 members (excludes halogenated alkanes) is 3. The Morgan fingerprint density at radius 1 is 1.17 bits per heavy atom. The van der Waals surface area contributed by atoms with Gasteiger partial charge in [-0.25, -0.2) is 4.79 Å². The molecular formula is C28H32N2O5. The fourth-order valence-corrected chi connectivity index (χ4v) is 4.63. The fourth-order valence-electron chi connectivity index (χ4n) is 4.63. The van der Waals surface area contributed by atoms with E-state index in [0.29, 0.717) is 47.8 Å². The van der Waals surface area contributed by atoms with Crippen LogP contribution in [0.3, 0.4) is 0 Å². The molecule has 7 nitrogen and oxygen atoms in total. The van der Waals surface area contributed by atoms with E-state index in [4.69, 9.17) is 9.47 Å². The molecule has 35 heavy (non-hydrogen) atoms. The smallest absolute Gasteiger partial charge is 0.326 e. The number of carboxylic acids is 1. The molecule has 1 unspecified atom stereocenters. The van der Waals surface area contributed by atoms with Crippen LogP contribution in [0.25, 0.3) is 16.6 Å². The van der Waals surface area contributed by atoms with Crippen molar-refractivity contribution in [3.05, 3.63) is 76.1 Å². The molecule has 7 heteroatoms. The zero-order valence-corrected chi connectivity index (χ0v) is 20.3. The molecule has 2 heterocycles. The van der Waals surface area contributed by atoms with Crippen molar-refractivity contribution in [1.29, 1.82) is 0 Å². The first-order valence-corrected chi connectivity index (χ1v) is 12.1. The van der Waals surface area contributed by atoms with Crippen molar-refractivity contribution < 1.29 is 19.4 Å². The number of ether oxygens (including phenoxy) is 2. The third kappa shape index (κ3) is 5.04. The van der Waals surface area contributed by atoms with E-state index in [1.54, 1.807) is 18.1 Å². The standard InChI is InChI=1S/C28H32N2O5/c1-4-5-6-9-14-35-26-24(34-3)13-12-20-15-22(27(31)29-25(20)26)18(2)30-17-21-11-8-7-10-19(21)16-23(30)28(32)33/h7-8,10-13,15,23H,2,4-6,9,14,16-17H2,1,3H3,(H,29,31)(H,32,33). The van der Waals surface area contributed by atoms with Crippen LogP contribution in [0.5, 0.6) is 11.5 Å². The van der Waals surface area contributed by atoms with Crippen LogP contribution >= 0.6 is 0 Å². The van der Waals surface area contributed by atoms with Crippen LogP contribution in [0.2, 0.25) is 0 Å². The van der Waals surface area contributed by atoms with Gasteiger partial charge in [-0.3, -0.25) is 4.79 Å². The molecule has 0 amide bonds. The van der Waals surface area contributed by atoms with Crippen molar-refractivity contribution >= 4 is 22.6 Å². The number of carboxylic acid groups (broad SMARTS) is 1. The number of hydrogen-bond donors (Lipinski definition) is 2. The second kappa shape index (κ2) is 10.7. The number of nitrogens with zero attached hydrogens (tertiary/aromatic N) is 1. The topological polar surface area (TPSA) is 91.9 Å². The van der Waals surface area contributed by atoms with E-state index in [-0.39, 0.29) is 5.56 Å². The Bertz CT molecular complexity index is 1300. The summed E-state index contributed by atoms with van der Waals surface area (Å²) in [6.07, 6.45) is 4.64. The Kier molecular flexibility index (Phi) is 7.44. The van der Waals surface area contributed by atoms with E-state index < -0.39 is 12.0 Å². The Labute approximate surface area is 205 Å². The summed E-state index contributed by atoms with van der Waals surface area (Å²) in [4.78, 5) is 30.0. The molecule has 2 N–H and O–H groups in total. The minimum absolute atomic E-state index is 0.335. The minimum atomic E-state index is -0.943. The van der Waals surface area contributed by atoms with Crippen molar-refractivity contribution in [2.24, 2.45) is 0 Å². The average Bonchev–Trinajstić information content (AvgIpc) is 2.87. The van der Waals surface area contributed by atoms with Crippen LogP contribution in [-0.2, 0) is 17.8 Å². The van der Waals surface area contributed by atoms with Crippen molar-refractivity contribution in [3.8, 4) is 11.5 Å². The normalized spacial score (nSPS) is 15.0. The van der Waals surface area contributed by atoms with Gasteiger partial charge in [-0.1, -0.05) is 57.0 Å². The summed E-state index contributed by atoms with van der Waals surface area (Å²) in [7, 11) is 1.57. The maximum atomic E-state index is 13.2. The van der Waals surface area contributed by atoms with E-state index in [1.807, 2.05) is 36.4 Å². The summed E-state index contributed by atoms with van der Waals surface area (Å²) in [6, 6.07) is 12.4. The van der Waals surface area contributed by atoms with Crippen molar-refractivity contribution in [1.82, 2.24) is 9.88 Å². The van der Waals surface area contributed by atoms with E-state index in [1.165, 1.54) is 0 Å². The fraction of sp³-hybridized carbons (Fsp3) is 0.357. The summed E-state index contributed by atoms with van der Waals surface area (Å²) in [5.74, 6) is 0.112. The first kappa shape index (κ1) is 24.4. The molecule has 2 aromatic carbocycles. The number of rotatable bonds is 10. The van der Waals surface area contributed by atoms with Crippen LogP contribution in [-0.4, -0.2) is 40.7 Å². The summed E-state index contributed by atoms with van der Waals surface area (Å²) in [6.45, 7) is 7.20. The largest absolute Gasteiger partial charge is 0.493 e. The molecule has 4 rings (SSSR count). The van der Waals surface area contributed by atoms with Crippen molar-refractivity contribution in [3.63, 3.8) is 0 Å². The number of benzene rings is 2. The Hall–Kier alpha value is -3.74. The lowest BCUT2D eigenvalue weighted by atomic mass is 9.93. The number of aromatic nitrogens is 1. The Morgan fingerprint density at radius 2 is 1.94 bits per heavy atom. The minimum Gasteiger partial charge on any atom is -0.493 e. The number of aliphatic carboxylic acids is 1. The molecule has 0 radical (unpaired) electrons. The molecule has 0 spiro atoms. The van der Waals surface area contributed by atoms with Gasteiger partial charge in [0.2, 0.25) is 0 Å². The quantitative estimate of drug-likeness (QED) is 0.401. The molecule has 0 bridgehead atoms. The van der Waals surface area contributed by atoms with Crippen LogP contribution in [0.4, 0.5) is 0 Å². The summed E-state index contributed by atoms with van der Waals surface area (Å²) < 4.78 is 11.5. The van der Waals surface area contributed by atoms with Gasteiger partial charge < -0.3 is 24.5 Å². The van der Waals surface area contributed by atoms with Gasteiger partial charge in [-0.05, 0) is 35.7 Å².